The summed E-state index contributed by atoms with van der Waals surface area (Å²) in [6, 6.07) is 0. The molecule has 2 saturated heterocycles. The molecule has 0 bridgehead atoms. The van der Waals surface area contributed by atoms with Crippen LogP contribution in [0.25, 0.3) is 0 Å². The molecule has 7 nitrogen and oxygen atoms in total. The van der Waals surface area contributed by atoms with Crippen molar-refractivity contribution in [2.75, 3.05) is 13.1 Å². The average Bonchev–Trinajstić information content (AvgIpc) is 2.81. The molecule has 1 amide bonds. The Hall–Kier alpha value is -1.67. The average molecular weight is 403 g/mol. The number of hydrogen-bond donors (Lipinski definition) is 0. The molecule has 0 N–H and O–H groups in total. The third kappa shape index (κ3) is 4.74. The van der Waals surface area contributed by atoms with Crippen molar-refractivity contribution in [3.63, 3.8) is 0 Å². The summed E-state index contributed by atoms with van der Waals surface area (Å²) in [4.78, 5) is 23.4. The zero-order chi connectivity index (χ0) is 21.6. The molecule has 2 unspecified atom stereocenters. The molecule has 2 aliphatic heterocycles. The molecule has 0 saturated carbocycles. The first-order valence-corrected chi connectivity index (χ1v) is 10.4. The van der Waals surface area contributed by atoms with Gasteiger partial charge in [-0.2, -0.15) is 0 Å². The third-order valence-corrected chi connectivity index (χ3v) is 6.10. The molecule has 2 atom stereocenters. The number of piperidine rings is 1. The van der Waals surface area contributed by atoms with Crippen LogP contribution in [-0.2, 0) is 14.0 Å². The summed E-state index contributed by atoms with van der Waals surface area (Å²) < 4.78 is 17.8. The molecule has 8 heteroatoms. The number of aromatic nitrogens is 2. The van der Waals surface area contributed by atoms with E-state index in [1.54, 1.807) is 11.1 Å². The van der Waals surface area contributed by atoms with Crippen LogP contribution in [0, 0.1) is 5.92 Å². The van der Waals surface area contributed by atoms with Crippen LogP contribution in [-0.4, -0.2) is 58.0 Å². The van der Waals surface area contributed by atoms with E-state index in [0.29, 0.717) is 18.7 Å². The molecule has 2 aliphatic rings. The second-order valence-corrected chi connectivity index (χ2v) is 10.3. The van der Waals surface area contributed by atoms with Crippen LogP contribution >= 0.6 is 0 Å². The minimum atomic E-state index is -0.524. The number of rotatable bonds is 2. The van der Waals surface area contributed by atoms with E-state index in [0.717, 1.165) is 12.1 Å². The molecular weight excluding hydrogens is 369 g/mol. The van der Waals surface area contributed by atoms with Gasteiger partial charge in [-0.15, -0.1) is 0 Å². The number of carbonyl (C=O) groups excluding carboxylic acids is 1. The van der Waals surface area contributed by atoms with Crippen molar-refractivity contribution in [3.8, 4) is 0 Å². The van der Waals surface area contributed by atoms with E-state index in [2.05, 4.69) is 11.9 Å². The molecule has 1 aromatic heterocycles. The molecule has 3 heterocycles. The highest BCUT2D eigenvalue weighted by Crippen LogP contribution is 2.37. The zero-order valence-electron chi connectivity index (χ0n) is 19.0. The van der Waals surface area contributed by atoms with Crippen LogP contribution in [0.1, 0.15) is 73.4 Å². The van der Waals surface area contributed by atoms with E-state index in [-0.39, 0.29) is 17.9 Å². The van der Waals surface area contributed by atoms with Gasteiger partial charge in [0.2, 0.25) is 0 Å². The van der Waals surface area contributed by atoms with Gasteiger partial charge in [-0.25, -0.2) is 4.79 Å². The quantitative estimate of drug-likeness (QED) is 0.707. The fraction of sp³-hybridized carbons (Fsp3) is 0.762. The maximum absolute atomic E-state index is 12.4. The van der Waals surface area contributed by atoms with Gasteiger partial charge in [0.25, 0.3) is 0 Å². The fourth-order valence-electron chi connectivity index (χ4n) is 3.73. The predicted octanol–water partition coefficient (Wildman–Crippen LogP) is 3.14. The van der Waals surface area contributed by atoms with Gasteiger partial charge in [-0.3, -0.25) is 9.97 Å². The van der Waals surface area contributed by atoms with Gasteiger partial charge in [0, 0.05) is 31.4 Å². The SMILES string of the molecule is CC1CN(C(=O)OC(C)(C)C)CCC1c1cncc(B2OC(C)(C)C(C)(C)O2)n1. The Morgan fingerprint density at radius 3 is 2.38 bits per heavy atom. The van der Waals surface area contributed by atoms with Gasteiger partial charge in [-0.1, -0.05) is 6.92 Å². The van der Waals surface area contributed by atoms with E-state index in [1.807, 2.05) is 54.7 Å². The Bertz CT molecular complexity index is 747. The molecule has 2 fully saturated rings. The van der Waals surface area contributed by atoms with Gasteiger partial charge in [-0.05, 0) is 60.8 Å². The molecule has 29 heavy (non-hydrogen) atoms. The van der Waals surface area contributed by atoms with Crippen molar-refractivity contribution in [2.45, 2.75) is 84.5 Å². The number of hydrogen-bond acceptors (Lipinski definition) is 6. The summed E-state index contributed by atoms with van der Waals surface area (Å²) in [7, 11) is -0.524. The molecule has 0 radical (unpaired) electrons. The largest absolute Gasteiger partial charge is 0.516 e. The molecule has 1 aromatic rings. The van der Waals surface area contributed by atoms with Crippen molar-refractivity contribution in [2.24, 2.45) is 5.92 Å². The Balaban J connectivity index is 1.70. The van der Waals surface area contributed by atoms with Gasteiger partial charge in [0.1, 0.15) is 5.60 Å². The first-order valence-electron chi connectivity index (χ1n) is 10.4. The normalized spacial score (nSPS) is 26.5. The lowest BCUT2D eigenvalue weighted by atomic mass is 9.82. The summed E-state index contributed by atoms with van der Waals surface area (Å²) >= 11 is 0. The van der Waals surface area contributed by atoms with Crippen LogP contribution in [0.2, 0.25) is 0 Å². The van der Waals surface area contributed by atoms with Crippen LogP contribution in [0.15, 0.2) is 12.4 Å². The van der Waals surface area contributed by atoms with E-state index in [9.17, 15) is 4.79 Å². The van der Waals surface area contributed by atoms with Crippen molar-refractivity contribution in [1.82, 2.24) is 14.9 Å². The Kier molecular flexibility index (Phi) is 5.73. The van der Waals surface area contributed by atoms with Crippen LogP contribution < -0.4 is 5.59 Å². The van der Waals surface area contributed by atoms with Gasteiger partial charge in [0.15, 0.2) is 0 Å². The highest BCUT2D eigenvalue weighted by atomic mass is 16.7. The third-order valence-electron chi connectivity index (χ3n) is 6.10. The highest BCUT2D eigenvalue weighted by molar-refractivity contribution is 6.61. The lowest BCUT2D eigenvalue weighted by Crippen LogP contribution is -2.45. The van der Waals surface area contributed by atoms with Gasteiger partial charge < -0.3 is 18.9 Å². The first-order chi connectivity index (χ1) is 13.3. The first kappa shape index (κ1) is 22.0. The number of amides is 1. The smallest absolute Gasteiger partial charge is 0.444 e. The highest BCUT2D eigenvalue weighted by Gasteiger charge is 2.52. The topological polar surface area (TPSA) is 73.8 Å². The lowest BCUT2D eigenvalue weighted by Gasteiger charge is -2.37. The van der Waals surface area contributed by atoms with Crippen molar-refractivity contribution in [3.05, 3.63) is 18.1 Å². The van der Waals surface area contributed by atoms with E-state index < -0.39 is 23.9 Å². The van der Waals surface area contributed by atoms with E-state index in [4.69, 9.17) is 19.0 Å². The van der Waals surface area contributed by atoms with Crippen molar-refractivity contribution < 1.29 is 18.8 Å². The van der Waals surface area contributed by atoms with Crippen LogP contribution in [0.5, 0.6) is 0 Å². The Labute approximate surface area is 174 Å². The van der Waals surface area contributed by atoms with Crippen molar-refractivity contribution >= 4 is 18.8 Å². The summed E-state index contributed by atoms with van der Waals surface area (Å²) in [5, 5.41) is 0. The van der Waals surface area contributed by atoms with E-state index in [1.165, 1.54) is 0 Å². The van der Waals surface area contributed by atoms with Crippen LogP contribution in [0.3, 0.4) is 0 Å². The second-order valence-electron chi connectivity index (χ2n) is 10.3. The Morgan fingerprint density at radius 1 is 1.21 bits per heavy atom. The maximum Gasteiger partial charge on any atom is 0.516 e. The minimum Gasteiger partial charge on any atom is -0.444 e. The summed E-state index contributed by atoms with van der Waals surface area (Å²) in [5.74, 6) is 0.475. The summed E-state index contributed by atoms with van der Waals surface area (Å²) in [6.45, 7) is 17.2. The minimum absolute atomic E-state index is 0.226. The number of nitrogens with zero attached hydrogens (tertiary/aromatic N) is 3. The lowest BCUT2D eigenvalue weighted by molar-refractivity contribution is 0.00578. The fourth-order valence-corrected chi connectivity index (χ4v) is 3.73. The summed E-state index contributed by atoms with van der Waals surface area (Å²) in [6.07, 6.45) is 4.10. The Morgan fingerprint density at radius 2 is 1.83 bits per heavy atom. The second kappa shape index (κ2) is 7.54. The predicted molar refractivity (Wildman–Crippen MR) is 112 cm³/mol. The molecule has 0 aliphatic carbocycles. The number of likely N-dealkylation sites (tertiary alicyclic amines) is 1. The van der Waals surface area contributed by atoms with Gasteiger partial charge >= 0.3 is 13.2 Å². The number of carbonyl (C=O) groups is 1. The molecular formula is C21H34BN3O4. The monoisotopic (exact) mass is 403 g/mol. The summed E-state index contributed by atoms with van der Waals surface area (Å²) in [5.41, 5.74) is 0.305. The molecule has 0 spiro atoms. The standard InChI is InChI=1S/C21H34BN3O4/c1-14-13-25(18(26)27-19(2,3)4)10-9-15(14)16-11-23-12-17(24-16)22-28-20(5,6)21(7,8)29-22/h11-12,14-15H,9-10,13H2,1-8H3. The van der Waals surface area contributed by atoms with Crippen molar-refractivity contribution in [1.29, 1.82) is 0 Å². The molecule has 3 rings (SSSR count). The van der Waals surface area contributed by atoms with Gasteiger partial charge in [0.05, 0.1) is 22.5 Å². The van der Waals surface area contributed by atoms with Crippen LogP contribution in [0.4, 0.5) is 4.79 Å². The molecule has 160 valence electrons. The van der Waals surface area contributed by atoms with E-state index >= 15 is 0 Å². The zero-order valence-corrected chi connectivity index (χ0v) is 19.0. The maximum atomic E-state index is 12.4. The molecule has 0 aromatic carbocycles. The number of ether oxygens (including phenoxy) is 1.